The number of nitrogens with one attached hydrogen (secondary N) is 1. The molecule has 0 aromatic heterocycles. The molecule has 22 heavy (non-hydrogen) atoms. The van der Waals surface area contributed by atoms with E-state index in [1.54, 1.807) is 18.2 Å². The van der Waals surface area contributed by atoms with Crippen molar-refractivity contribution in [2.24, 2.45) is 0 Å². The van der Waals surface area contributed by atoms with Gasteiger partial charge >= 0.3 is 0 Å². The van der Waals surface area contributed by atoms with E-state index in [0.717, 1.165) is 38.5 Å². The molecule has 2 saturated carbocycles. The smallest absolute Gasteiger partial charge is 0.253 e. The van der Waals surface area contributed by atoms with Crippen LogP contribution in [0.2, 0.25) is 5.02 Å². The molecule has 1 aromatic carbocycles. The molecule has 3 rings (SSSR count). The highest BCUT2D eigenvalue weighted by Gasteiger charge is 2.35. The van der Waals surface area contributed by atoms with Crippen molar-refractivity contribution in [1.29, 1.82) is 0 Å². The van der Waals surface area contributed by atoms with Crippen molar-refractivity contribution in [3.05, 3.63) is 28.8 Å². The third-order valence-electron chi connectivity index (χ3n) is 4.78. The number of amides is 1. The van der Waals surface area contributed by atoms with Gasteiger partial charge in [0.1, 0.15) is 5.75 Å². The second kappa shape index (κ2) is 6.47. The molecule has 0 radical (unpaired) electrons. The molecule has 0 atom stereocenters. The lowest BCUT2D eigenvalue weighted by atomic mass is 9.96. The van der Waals surface area contributed by atoms with E-state index in [4.69, 9.17) is 16.3 Å². The Hall–Kier alpha value is -1.26. The Kier molecular flexibility index (Phi) is 4.59. The van der Waals surface area contributed by atoms with E-state index >= 15 is 0 Å². The molecule has 0 heterocycles. The zero-order valence-corrected chi connectivity index (χ0v) is 13.4. The Morgan fingerprint density at radius 2 is 2.05 bits per heavy atom. The van der Waals surface area contributed by atoms with Gasteiger partial charge in [-0.3, -0.25) is 4.79 Å². The fourth-order valence-electron chi connectivity index (χ4n) is 3.12. The number of carbonyl (C=O) groups is 1. The summed E-state index contributed by atoms with van der Waals surface area (Å²) in [7, 11) is 0. The Morgan fingerprint density at radius 1 is 1.32 bits per heavy atom. The average Bonchev–Trinajstić information content (AvgIpc) is 2.92. The van der Waals surface area contributed by atoms with Crippen LogP contribution in [-0.4, -0.2) is 29.3 Å². The molecule has 120 valence electrons. The number of ether oxygens (including phenoxy) is 1. The lowest BCUT2D eigenvalue weighted by molar-refractivity contribution is 0.0838. The molecule has 0 unspecified atom stereocenters. The van der Waals surface area contributed by atoms with Crippen molar-refractivity contribution < 1.29 is 14.6 Å². The number of rotatable bonds is 5. The van der Waals surface area contributed by atoms with Crippen molar-refractivity contribution >= 4 is 17.5 Å². The molecule has 0 saturated heterocycles. The summed E-state index contributed by atoms with van der Waals surface area (Å²) in [5.74, 6) is 0.486. The summed E-state index contributed by atoms with van der Waals surface area (Å²) in [4.78, 5) is 12.4. The Morgan fingerprint density at radius 3 is 2.59 bits per heavy atom. The highest BCUT2D eigenvalue weighted by Crippen LogP contribution is 2.31. The molecule has 2 fully saturated rings. The molecule has 4 nitrogen and oxygen atoms in total. The first-order valence-corrected chi connectivity index (χ1v) is 8.39. The van der Waals surface area contributed by atoms with Crippen LogP contribution in [0.4, 0.5) is 0 Å². The van der Waals surface area contributed by atoms with E-state index in [9.17, 15) is 9.90 Å². The van der Waals surface area contributed by atoms with E-state index in [2.05, 4.69) is 5.32 Å². The van der Waals surface area contributed by atoms with Gasteiger partial charge in [-0.2, -0.15) is 0 Å². The number of halogens is 1. The van der Waals surface area contributed by atoms with E-state index < -0.39 is 5.54 Å². The molecule has 0 spiro atoms. The third kappa shape index (κ3) is 3.23. The van der Waals surface area contributed by atoms with Gasteiger partial charge in [-0.1, -0.05) is 24.4 Å². The van der Waals surface area contributed by atoms with Gasteiger partial charge < -0.3 is 15.2 Å². The van der Waals surface area contributed by atoms with Crippen molar-refractivity contribution in [3.8, 4) is 5.75 Å². The molecular formula is C17H22ClNO3. The van der Waals surface area contributed by atoms with Crippen molar-refractivity contribution in [2.75, 3.05) is 6.61 Å². The van der Waals surface area contributed by atoms with Crippen molar-refractivity contribution in [1.82, 2.24) is 5.32 Å². The zero-order chi connectivity index (χ0) is 15.6. The maximum atomic E-state index is 12.4. The number of hydrogen-bond acceptors (Lipinski definition) is 3. The molecule has 2 aliphatic carbocycles. The van der Waals surface area contributed by atoms with Crippen LogP contribution >= 0.6 is 11.6 Å². The van der Waals surface area contributed by atoms with E-state index in [1.165, 1.54) is 6.42 Å². The number of carbonyl (C=O) groups excluding carboxylic acids is 1. The van der Waals surface area contributed by atoms with Gasteiger partial charge in [0.25, 0.3) is 5.91 Å². The monoisotopic (exact) mass is 323 g/mol. The molecule has 0 bridgehead atoms. The predicted molar refractivity (Wildman–Crippen MR) is 85.5 cm³/mol. The zero-order valence-electron chi connectivity index (χ0n) is 12.6. The van der Waals surface area contributed by atoms with E-state index in [-0.39, 0.29) is 18.6 Å². The van der Waals surface area contributed by atoms with Crippen LogP contribution in [0.5, 0.6) is 5.75 Å². The SMILES string of the molecule is O=C(NC1(CO)CCCC1)c1ccc(OC2CCC2)cc1Cl. The van der Waals surface area contributed by atoms with Crippen molar-refractivity contribution in [2.45, 2.75) is 56.6 Å². The van der Waals surface area contributed by atoms with Gasteiger partial charge in [0, 0.05) is 0 Å². The van der Waals surface area contributed by atoms with Gasteiger partial charge in [0.2, 0.25) is 0 Å². The van der Waals surface area contributed by atoms with Gasteiger partial charge in [-0.25, -0.2) is 0 Å². The minimum Gasteiger partial charge on any atom is -0.490 e. The third-order valence-corrected chi connectivity index (χ3v) is 5.09. The van der Waals surface area contributed by atoms with Crippen LogP contribution in [0.15, 0.2) is 18.2 Å². The van der Waals surface area contributed by atoms with Crippen molar-refractivity contribution in [3.63, 3.8) is 0 Å². The van der Waals surface area contributed by atoms with Crippen LogP contribution < -0.4 is 10.1 Å². The maximum Gasteiger partial charge on any atom is 0.253 e. The normalized spacial score (nSPS) is 20.5. The average molecular weight is 324 g/mol. The summed E-state index contributed by atoms with van der Waals surface area (Å²) < 4.78 is 5.78. The Balaban J connectivity index is 1.69. The fraction of sp³-hybridized carbons (Fsp3) is 0.588. The molecule has 5 heteroatoms. The summed E-state index contributed by atoms with van der Waals surface area (Å²) in [5, 5.41) is 12.9. The molecular weight excluding hydrogens is 302 g/mol. The molecule has 2 N–H and O–H groups in total. The summed E-state index contributed by atoms with van der Waals surface area (Å²) in [6.07, 6.45) is 7.35. The van der Waals surface area contributed by atoms with Gasteiger partial charge in [0.05, 0.1) is 28.8 Å². The minimum absolute atomic E-state index is 0.0285. The number of benzene rings is 1. The second-order valence-electron chi connectivity index (χ2n) is 6.41. The standard InChI is InChI=1S/C17H22ClNO3/c18-15-10-13(22-12-4-3-5-12)6-7-14(15)16(21)19-17(11-20)8-1-2-9-17/h6-7,10,12,20H,1-5,8-9,11H2,(H,19,21). The Bertz CT molecular complexity index is 551. The van der Waals surface area contributed by atoms with Crippen LogP contribution in [0.1, 0.15) is 55.3 Å². The fourth-order valence-corrected chi connectivity index (χ4v) is 3.37. The second-order valence-corrected chi connectivity index (χ2v) is 6.82. The van der Waals surface area contributed by atoms with E-state index in [1.807, 2.05) is 0 Å². The largest absolute Gasteiger partial charge is 0.490 e. The van der Waals surface area contributed by atoms with Crippen LogP contribution in [0.3, 0.4) is 0 Å². The van der Waals surface area contributed by atoms with E-state index in [0.29, 0.717) is 16.3 Å². The maximum absolute atomic E-state index is 12.4. The number of hydrogen-bond donors (Lipinski definition) is 2. The molecule has 1 aromatic rings. The first kappa shape index (κ1) is 15.6. The number of aliphatic hydroxyl groups is 1. The predicted octanol–water partition coefficient (Wildman–Crippen LogP) is 3.31. The summed E-state index contributed by atoms with van der Waals surface area (Å²) in [5.41, 5.74) is -0.0519. The summed E-state index contributed by atoms with van der Waals surface area (Å²) >= 11 is 6.24. The minimum atomic E-state index is -0.485. The first-order chi connectivity index (χ1) is 10.6. The molecule has 2 aliphatic rings. The first-order valence-electron chi connectivity index (χ1n) is 8.01. The quantitative estimate of drug-likeness (QED) is 0.874. The molecule has 1 amide bonds. The number of aliphatic hydroxyl groups excluding tert-OH is 1. The van der Waals surface area contributed by atoms with Gasteiger partial charge in [-0.15, -0.1) is 0 Å². The highest BCUT2D eigenvalue weighted by molar-refractivity contribution is 6.34. The summed E-state index contributed by atoms with van der Waals surface area (Å²) in [6.45, 7) is -0.0285. The summed E-state index contributed by atoms with van der Waals surface area (Å²) in [6, 6.07) is 5.19. The topological polar surface area (TPSA) is 58.6 Å². The van der Waals surface area contributed by atoms with Crippen LogP contribution in [-0.2, 0) is 0 Å². The lowest BCUT2D eigenvalue weighted by Crippen LogP contribution is -2.49. The van der Waals surface area contributed by atoms with Crippen LogP contribution in [0, 0.1) is 0 Å². The Labute approximate surface area is 135 Å². The van der Waals surface area contributed by atoms with Gasteiger partial charge in [0.15, 0.2) is 0 Å². The van der Waals surface area contributed by atoms with Crippen LogP contribution in [0.25, 0.3) is 0 Å². The molecule has 0 aliphatic heterocycles. The van der Waals surface area contributed by atoms with Gasteiger partial charge in [-0.05, 0) is 50.3 Å². The highest BCUT2D eigenvalue weighted by atomic mass is 35.5. The lowest BCUT2D eigenvalue weighted by Gasteiger charge is -2.28.